The highest BCUT2D eigenvalue weighted by Gasteiger charge is 2.45. The van der Waals surface area contributed by atoms with Gasteiger partial charge in [-0.1, -0.05) is 19.9 Å². The second-order valence-corrected chi connectivity index (χ2v) is 9.45. The smallest absolute Gasteiger partial charge is 0.324 e. The third kappa shape index (κ3) is 4.62. The predicted molar refractivity (Wildman–Crippen MR) is 104 cm³/mol. The Labute approximate surface area is 169 Å². The lowest BCUT2D eigenvalue weighted by molar-refractivity contribution is -0.143. The highest BCUT2D eigenvalue weighted by Crippen LogP contribution is 2.22. The fourth-order valence-corrected chi connectivity index (χ4v) is 3.58. The van der Waals surface area contributed by atoms with E-state index in [0.717, 1.165) is 9.21 Å². The third-order valence-electron chi connectivity index (χ3n) is 4.25. The molecule has 1 N–H and O–H groups in total. The van der Waals surface area contributed by atoms with Crippen LogP contribution in [0.15, 0.2) is 23.1 Å². The summed E-state index contributed by atoms with van der Waals surface area (Å²) in [5.74, 6) is -2.79. The summed E-state index contributed by atoms with van der Waals surface area (Å²) in [4.78, 5) is 50.2. The Morgan fingerprint density at radius 3 is 2.24 bits per heavy atom. The molecule has 0 atom stereocenters. The van der Waals surface area contributed by atoms with Gasteiger partial charge < -0.3 is 5.32 Å². The molecule has 0 unspecified atom stereocenters. The Bertz CT molecular complexity index is 971. The molecule has 5 amide bonds. The van der Waals surface area contributed by atoms with Gasteiger partial charge in [0, 0.05) is 26.3 Å². The Hall–Kier alpha value is -2.79. The van der Waals surface area contributed by atoms with E-state index in [-0.39, 0.29) is 23.0 Å². The van der Waals surface area contributed by atoms with Crippen molar-refractivity contribution in [3.05, 3.63) is 23.8 Å². The quantitative estimate of drug-likeness (QED) is 0.506. The molecule has 1 fully saturated rings. The van der Waals surface area contributed by atoms with E-state index in [2.05, 4.69) is 5.32 Å². The van der Waals surface area contributed by atoms with Crippen molar-refractivity contribution in [3.63, 3.8) is 0 Å². The molecule has 11 heteroatoms. The minimum atomic E-state index is -3.71. The standard InChI is InChI=1S/C18H24N4O6S/c1-11(2)9-21-16(24)17(25)22(18(21)26)10-15(23)19-14-8-13(7-6-12(14)3)29(27,28)20(4)5/h6-8,11H,9-10H2,1-5H3,(H,19,23). The van der Waals surface area contributed by atoms with Gasteiger partial charge in [-0.2, -0.15) is 0 Å². The number of nitrogens with zero attached hydrogens (tertiary/aromatic N) is 3. The fourth-order valence-electron chi connectivity index (χ4n) is 2.66. The number of benzene rings is 1. The van der Waals surface area contributed by atoms with Crippen molar-refractivity contribution in [2.45, 2.75) is 25.7 Å². The normalized spacial score (nSPS) is 15.1. The minimum absolute atomic E-state index is 0.0185. The molecular formula is C18H24N4O6S. The first kappa shape index (κ1) is 22.5. The lowest BCUT2D eigenvalue weighted by Gasteiger charge is -2.17. The number of nitrogens with one attached hydrogen (secondary N) is 1. The van der Waals surface area contributed by atoms with Crippen LogP contribution in [0.5, 0.6) is 0 Å². The number of hydrogen-bond acceptors (Lipinski definition) is 6. The van der Waals surface area contributed by atoms with Crippen molar-refractivity contribution in [2.75, 3.05) is 32.5 Å². The first-order chi connectivity index (χ1) is 13.4. The van der Waals surface area contributed by atoms with Gasteiger partial charge in [-0.05, 0) is 30.5 Å². The van der Waals surface area contributed by atoms with Gasteiger partial charge in [-0.15, -0.1) is 0 Å². The summed E-state index contributed by atoms with van der Waals surface area (Å²) in [6, 6.07) is 3.40. The van der Waals surface area contributed by atoms with E-state index in [0.29, 0.717) is 10.5 Å². The molecule has 158 valence electrons. The van der Waals surface area contributed by atoms with Crippen LogP contribution in [0.25, 0.3) is 0 Å². The SMILES string of the molecule is Cc1ccc(S(=O)(=O)N(C)C)cc1NC(=O)CN1C(=O)C(=O)N(CC(C)C)C1=O. The third-order valence-corrected chi connectivity index (χ3v) is 6.06. The highest BCUT2D eigenvalue weighted by molar-refractivity contribution is 7.89. The maximum atomic E-state index is 12.4. The summed E-state index contributed by atoms with van der Waals surface area (Å²) in [6.07, 6.45) is 0. The topological polar surface area (TPSA) is 124 Å². The molecular weight excluding hydrogens is 400 g/mol. The van der Waals surface area contributed by atoms with Gasteiger partial charge in [0.1, 0.15) is 6.54 Å². The zero-order chi connectivity index (χ0) is 22.1. The molecule has 1 aromatic rings. The second-order valence-electron chi connectivity index (χ2n) is 7.30. The van der Waals surface area contributed by atoms with E-state index in [1.54, 1.807) is 20.8 Å². The van der Waals surface area contributed by atoms with E-state index in [1.165, 1.54) is 32.3 Å². The van der Waals surface area contributed by atoms with Crippen molar-refractivity contribution in [1.29, 1.82) is 0 Å². The lowest BCUT2D eigenvalue weighted by Crippen LogP contribution is -2.39. The van der Waals surface area contributed by atoms with Gasteiger partial charge >= 0.3 is 17.8 Å². The average molecular weight is 424 g/mol. The Morgan fingerprint density at radius 2 is 1.69 bits per heavy atom. The van der Waals surface area contributed by atoms with Crippen LogP contribution in [0.1, 0.15) is 19.4 Å². The van der Waals surface area contributed by atoms with E-state index in [9.17, 15) is 27.6 Å². The maximum Gasteiger partial charge on any atom is 0.334 e. The van der Waals surface area contributed by atoms with Crippen molar-refractivity contribution in [2.24, 2.45) is 5.92 Å². The zero-order valence-electron chi connectivity index (χ0n) is 16.9. The molecule has 1 aliphatic rings. The summed E-state index contributed by atoms with van der Waals surface area (Å²) in [7, 11) is -0.932. The summed E-state index contributed by atoms with van der Waals surface area (Å²) in [6.45, 7) is 4.67. The van der Waals surface area contributed by atoms with Gasteiger partial charge in [0.25, 0.3) is 0 Å². The monoisotopic (exact) mass is 424 g/mol. The molecule has 0 bridgehead atoms. The zero-order valence-corrected chi connectivity index (χ0v) is 17.7. The molecule has 10 nitrogen and oxygen atoms in total. The number of urea groups is 1. The molecule has 0 radical (unpaired) electrons. The first-order valence-electron chi connectivity index (χ1n) is 8.86. The van der Waals surface area contributed by atoms with E-state index in [1.807, 2.05) is 0 Å². The fraction of sp³-hybridized carbons (Fsp3) is 0.444. The van der Waals surface area contributed by atoms with Crippen molar-refractivity contribution < 1.29 is 27.6 Å². The maximum absolute atomic E-state index is 12.4. The number of carbonyl (C=O) groups is 4. The number of hydrogen-bond donors (Lipinski definition) is 1. The van der Waals surface area contributed by atoms with Gasteiger partial charge in [0.15, 0.2) is 0 Å². The van der Waals surface area contributed by atoms with Crippen LogP contribution in [0.3, 0.4) is 0 Å². The van der Waals surface area contributed by atoms with Crippen LogP contribution in [-0.4, -0.2) is 73.5 Å². The Morgan fingerprint density at radius 1 is 1.10 bits per heavy atom. The van der Waals surface area contributed by atoms with Crippen molar-refractivity contribution in [1.82, 2.24) is 14.1 Å². The summed E-state index contributed by atoms with van der Waals surface area (Å²) in [5.41, 5.74) is 0.815. The number of sulfonamides is 1. The highest BCUT2D eigenvalue weighted by atomic mass is 32.2. The number of imide groups is 2. The largest absolute Gasteiger partial charge is 0.334 e. The Kier molecular flexibility index (Phi) is 6.43. The van der Waals surface area contributed by atoms with Crippen LogP contribution in [0.4, 0.5) is 10.5 Å². The Balaban J connectivity index is 2.18. The summed E-state index contributed by atoms with van der Waals surface area (Å²) < 4.78 is 25.6. The summed E-state index contributed by atoms with van der Waals surface area (Å²) >= 11 is 0. The number of carbonyl (C=O) groups excluding carboxylic acids is 4. The van der Waals surface area contributed by atoms with Gasteiger partial charge in [0.2, 0.25) is 15.9 Å². The van der Waals surface area contributed by atoms with E-state index < -0.39 is 40.3 Å². The van der Waals surface area contributed by atoms with Crippen LogP contribution >= 0.6 is 0 Å². The first-order valence-corrected chi connectivity index (χ1v) is 10.3. The predicted octanol–water partition coefficient (Wildman–Crippen LogP) is 0.631. The van der Waals surface area contributed by atoms with E-state index in [4.69, 9.17) is 0 Å². The second kappa shape index (κ2) is 8.29. The molecule has 0 aromatic heterocycles. The van der Waals surface area contributed by atoms with Gasteiger partial charge in [-0.25, -0.2) is 22.4 Å². The van der Waals surface area contributed by atoms with Crippen LogP contribution in [0.2, 0.25) is 0 Å². The number of anilines is 1. The van der Waals surface area contributed by atoms with E-state index >= 15 is 0 Å². The number of amides is 5. The van der Waals surface area contributed by atoms with Crippen LogP contribution in [0, 0.1) is 12.8 Å². The molecule has 29 heavy (non-hydrogen) atoms. The molecule has 1 aliphatic heterocycles. The lowest BCUT2D eigenvalue weighted by atomic mass is 10.2. The minimum Gasteiger partial charge on any atom is -0.324 e. The van der Waals surface area contributed by atoms with Gasteiger partial charge in [0.05, 0.1) is 4.90 Å². The summed E-state index contributed by atoms with van der Waals surface area (Å²) in [5, 5.41) is 2.50. The number of rotatable bonds is 7. The van der Waals surface area contributed by atoms with Crippen molar-refractivity contribution >= 4 is 39.5 Å². The molecule has 1 saturated heterocycles. The molecule has 1 aromatic carbocycles. The van der Waals surface area contributed by atoms with Gasteiger partial charge in [-0.3, -0.25) is 19.3 Å². The van der Waals surface area contributed by atoms with Crippen LogP contribution < -0.4 is 5.32 Å². The molecule has 0 aliphatic carbocycles. The van der Waals surface area contributed by atoms with Crippen LogP contribution in [-0.2, 0) is 24.4 Å². The molecule has 0 spiro atoms. The number of aryl methyl sites for hydroxylation is 1. The van der Waals surface area contributed by atoms with Crippen molar-refractivity contribution in [3.8, 4) is 0 Å². The molecule has 1 heterocycles. The average Bonchev–Trinajstić information content (AvgIpc) is 2.81. The molecule has 0 saturated carbocycles. The molecule has 2 rings (SSSR count).